The van der Waals surface area contributed by atoms with Crippen molar-refractivity contribution in [1.82, 2.24) is 9.97 Å². The van der Waals surface area contributed by atoms with Gasteiger partial charge in [0.05, 0.1) is 17.6 Å². The molecule has 0 aliphatic carbocycles. The second-order valence-electron chi connectivity index (χ2n) is 3.67. The van der Waals surface area contributed by atoms with E-state index in [1.54, 1.807) is 0 Å². The summed E-state index contributed by atoms with van der Waals surface area (Å²) in [5.41, 5.74) is 3.10. The summed E-state index contributed by atoms with van der Waals surface area (Å²) < 4.78 is 0. The van der Waals surface area contributed by atoms with Crippen molar-refractivity contribution in [2.24, 2.45) is 0 Å². The Hall–Kier alpha value is -1.55. The van der Waals surface area contributed by atoms with Gasteiger partial charge in [-0.25, -0.2) is 4.98 Å². The smallest absolute Gasteiger partial charge is 0.104 e. The summed E-state index contributed by atoms with van der Waals surface area (Å²) in [6, 6.07) is 6.05. The van der Waals surface area contributed by atoms with Gasteiger partial charge in [-0.05, 0) is 25.1 Å². The summed E-state index contributed by atoms with van der Waals surface area (Å²) in [4.78, 5) is 9.54. The Kier molecular flexibility index (Phi) is 2.60. The highest BCUT2D eigenvalue weighted by Gasteiger charge is 2.03. The van der Waals surface area contributed by atoms with Crippen LogP contribution in [0.1, 0.15) is 5.82 Å². The summed E-state index contributed by atoms with van der Waals surface area (Å²) in [6.45, 7) is 2.74. The topological polar surface area (TPSA) is 52.1 Å². The van der Waals surface area contributed by atoms with Crippen LogP contribution in [0.25, 0.3) is 11.0 Å². The van der Waals surface area contributed by atoms with E-state index in [9.17, 15) is 0 Å². The van der Waals surface area contributed by atoms with Crippen LogP contribution in [-0.2, 0) is 0 Å². The Bertz CT molecular complexity index is 464. The zero-order valence-electron chi connectivity index (χ0n) is 8.99. The largest absolute Gasteiger partial charge is 0.395 e. The van der Waals surface area contributed by atoms with Crippen LogP contribution in [0.5, 0.6) is 0 Å². The van der Waals surface area contributed by atoms with E-state index in [4.69, 9.17) is 5.11 Å². The molecule has 0 atom stereocenters. The number of aromatic amines is 1. The maximum atomic E-state index is 8.85. The Labute approximate surface area is 88.6 Å². The number of aliphatic hydroxyl groups excluding tert-OH is 1. The van der Waals surface area contributed by atoms with Gasteiger partial charge < -0.3 is 15.0 Å². The van der Waals surface area contributed by atoms with Gasteiger partial charge in [-0.15, -0.1) is 0 Å². The van der Waals surface area contributed by atoms with Gasteiger partial charge in [0.15, 0.2) is 0 Å². The van der Waals surface area contributed by atoms with E-state index in [2.05, 4.69) is 9.97 Å². The summed E-state index contributed by atoms with van der Waals surface area (Å²) in [5.74, 6) is 0.923. The van der Waals surface area contributed by atoms with E-state index in [1.165, 1.54) is 0 Å². The highest BCUT2D eigenvalue weighted by Crippen LogP contribution is 2.19. The van der Waals surface area contributed by atoms with E-state index < -0.39 is 0 Å². The molecule has 0 unspecified atom stereocenters. The minimum absolute atomic E-state index is 0.163. The quantitative estimate of drug-likeness (QED) is 0.794. The lowest BCUT2D eigenvalue weighted by atomic mass is 10.2. The van der Waals surface area contributed by atoms with E-state index in [0.29, 0.717) is 6.54 Å². The van der Waals surface area contributed by atoms with Crippen LogP contribution in [0.15, 0.2) is 18.2 Å². The van der Waals surface area contributed by atoms with Gasteiger partial charge in [-0.2, -0.15) is 0 Å². The maximum absolute atomic E-state index is 8.85. The summed E-state index contributed by atoms with van der Waals surface area (Å²) >= 11 is 0. The molecule has 4 heteroatoms. The molecule has 1 aromatic carbocycles. The van der Waals surface area contributed by atoms with Gasteiger partial charge in [0, 0.05) is 19.3 Å². The minimum atomic E-state index is 0.163. The summed E-state index contributed by atoms with van der Waals surface area (Å²) in [7, 11) is 1.96. The number of aryl methyl sites for hydroxylation is 1. The predicted molar refractivity (Wildman–Crippen MR) is 61.2 cm³/mol. The highest BCUT2D eigenvalue weighted by atomic mass is 16.3. The van der Waals surface area contributed by atoms with Crippen molar-refractivity contribution < 1.29 is 5.11 Å². The van der Waals surface area contributed by atoms with Gasteiger partial charge in [-0.1, -0.05) is 0 Å². The molecule has 80 valence electrons. The molecule has 0 saturated carbocycles. The first-order valence-electron chi connectivity index (χ1n) is 4.99. The normalized spacial score (nSPS) is 10.9. The average Bonchev–Trinajstić information content (AvgIpc) is 2.57. The van der Waals surface area contributed by atoms with E-state index in [1.807, 2.05) is 37.1 Å². The van der Waals surface area contributed by atoms with Gasteiger partial charge >= 0.3 is 0 Å². The number of anilines is 1. The monoisotopic (exact) mass is 205 g/mol. The molecule has 0 aliphatic heterocycles. The zero-order chi connectivity index (χ0) is 10.8. The fourth-order valence-electron chi connectivity index (χ4n) is 1.64. The Morgan fingerprint density at radius 1 is 1.47 bits per heavy atom. The lowest BCUT2D eigenvalue weighted by Gasteiger charge is -2.17. The van der Waals surface area contributed by atoms with Crippen molar-refractivity contribution in [1.29, 1.82) is 0 Å². The number of benzene rings is 1. The van der Waals surface area contributed by atoms with Gasteiger partial charge in [0.1, 0.15) is 5.82 Å². The second-order valence-corrected chi connectivity index (χ2v) is 3.67. The number of likely N-dealkylation sites (N-methyl/N-ethyl adjacent to an activating group) is 1. The molecule has 2 N–H and O–H groups in total. The van der Waals surface area contributed by atoms with E-state index in [0.717, 1.165) is 22.5 Å². The van der Waals surface area contributed by atoms with Crippen LogP contribution in [0.4, 0.5) is 5.69 Å². The third kappa shape index (κ3) is 1.94. The molecule has 0 radical (unpaired) electrons. The molecule has 0 spiro atoms. The van der Waals surface area contributed by atoms with E-state index in [-0.39, 0.29) is 6.61 Å². The molecule has 0 amide bonds. The molecule has 2 rings (SSSR count). The van der Waals surface area contributed by atoms with Crippen molar-refractivity contribution in [3.05, 3.63) is 24.0 Å². The number of aromatic nitrogens is 2. The molecule has 1 aromatic heterocycles. The third-order valence-electron chi connectivity index (χ3n) is 2.46. The molecular weight excluding hydrogens is 190 g/mol. The molecule has 0 saturated heterocycles. The van der Waals surface area contributed by atoms with Crippen LogP contribution in [0, 0.1) is 6.92 Å². The van der Waals surface area contributed by atoms with Gasteiger partial charge in [0.2, 0.25) is 0 Å². The maximum Gasteiger partial charge on any atom is 0.104 e. The first kappa shape index (κ1) is 9.98. The number of hydrogen-bond donors (Lipinski definition) is 2. The van der Waals surface area contributed by atoms with Crippen LogP contribution in [-0.4, -0.2) is 35.3 Å². The average molecular weight is 205 g/mol. The number of H-pyrrole nitrogens is 1. The molecule has 0 aliphatic rings. The molecule has 4 nitrogen and oxygen atoms in total. The molecule has 15 heavy (non-hydrogen) atoms. The summed E-state index contributed by atoms with van der Waals surface area (Å²) in [6.07, 6.45) is 0. The molecule has 2 aromatic rings. The van der Waals surface area contributed by atoms with Gasteiger partial charge in [0.25, 0.3) is 0 Å². The zero-order valence-corrected chi connectivity index (χ0v) is 8.99. The Morgan fingerprint density at radius 3 is 3.00 bits per heavy atom. The van der Waals surface area contributed by atoms with Crippen molar-refractivity contribution in [2.75, 3.05) is 25.1 Å². The van der Waals surface area contributed by atoms with Crippen molar-refractivity contribution >= 4 is 16.7 Å². The van der Waals surface area contributed by atoms with Crippen LogP contribution >= 0.6 is 0 Å². The van der Waals surface area contributed by atoms with Crippen molar-refractivity contribution in [3.8, 4) is 0 Å². The molecular formula is C11H15N3O. The predicted octanol–water partition coefficient (Wildman–Crippen LogP) is 1.30. The van der Waals surface area contributed by atoms with E-state index >= 15 is 0 Å². The van der Waals surface area contributed by atoms with Gasteiger partial charge in [-0.3, -0.25) is 0 Å². The molecule has 0 bridgehead atoms. The first-order valence-corrected chi connectivity index (χ1v) is 4.99. The lowest BCUT2D eigenvalue weighted by molar-refractivity contribution is 0.304. The van der Waals surface area contributed by atoms with Crippen LogP contribution in [0.3, 0.4) is 0 Å². The number of hydrogen-bond acceptors (Lipinski definition) is 3. The van der Waals surface area contributed by atoms with Crippen molar-refractivity contribution in [3.63, 3.8) is 0 Å². The molecule has 0 fully saturated rings. The second kappa shape index (κ2) is 3.90. The lowest BCUT2D eigenvalue weighted by Crippen LogP contribution is -2.20. The standard InChI is InChI=1S/C11H15N3O/c1-8-12-10-4-3-9(7-11(10)13-8)14(2)5-6-15/h3-4,7,15H,5-6H2,1-2H3,(H,12,13). The van der Waals surface area contributed by atoms with Crippen LogP contribution in [0.2, 0.25) is 0 Å². The van der Waals surface area contributed by atoms with Crippen molar-refractivity contribution in [2.45, 2.75) is 6.92 Å². The third-order valence-corrected chi connectivity index (χ3v) is 2.46. The SMILES string of the molecule is Cc1nc2ccc(N(C)CCO)cc2[nH]1. The van der Waals surface area contributed by atoms with Crippen LogP contribution < -0.4 is 4.90 Å². The fourth-order valence-corrected chi connectivity index (χ4v) is 1.64. The Morgan fingerprint density at radius 2 is 2.27 bits per heavy atom. The number of imidazole rings is 1. The number of nitrogens with one attached hydrogen (secondary N) is 1. The fraction of sp³-hybridized carbons (Fsp3) is 0.364. The number of rotatable bonds is 3. The number of nitrogens with zero attached hydrogens (tertiary/aromatic N) is 2. The Balaban J connectivity index is 2.37. The summed E-state index contributed by atoms with van der Waals surface area (Å²) in [5, 5.41) is 8.85. The molecule has 1 heterocycles. The first-order chi connectivity index (χ1) is 7.20. The minimum Gasteiger partial charge on any atom is -0.395 e. The number of fused-ring (bicyclic) bond motifs is 1. The number of aliphatic hydroxyl groups is 1. The highest BCUT2D eigenvalue weighted by molar-refractivity contribution is 5.79.